The highest BCUT2D eigenvalue weighted by atomic mass is 32.2. The topological polar surface area (TPSA) is 110 Å². The van der Waals surface area contributed by atoms with Crippen LogP contribution in [0.1, 0.15) is 5.56 Å². The SMILES string of the molecule is CS(=O)(=O)c1cc(NCCN2C(=O)Cc3ccccc32)ccc1[N+](=O)[O-]. The Labute approximate surface area is 150 Å². The molecule has 26 heavy (non-hydrogen) atoms. The quantitative estimate of drug-likeness (QED) is 0.611. The number of nitro benzene ring substituents is 1. The smallest absolute Gasteiger partial charge is 0.288 e. The molecule has 1 amide bonds. The molecule has 1 aliphatic heterocycles. The number of benzene rings is 2. The molecule has 0 atom stereocenters. The molecule has 136 valence electrons. The van der Waals surface area contributed by atoms with Gasteiger partial charge < -0.3 is 10.2 Å². The van der Waals surface area contributed by atoms with Gasteiger partial charge in [-0.15, -0.1) is 0 Å². The molecule has 0 unspecified atom stereocenters. The van der Waals surface area contributed by atoms with Crippen LogP contribution in [0.15, 0.2) is 47.4 Å². The maximum atomic E-state index is 12.1. The Bertz CT molecular complexity index is 988. The maximum absolute atomic E-state index is 12.1. The fourth-order valence-corrected chi connectivity index (χ4v) is 3.81. The summed E-state index contributed by atoms with van der Waals surface area (Å²) in [6, 6.07) is 11.4. The highest BCUT2D eigenvalue weighted by Gasteiger charge is 2.26. The van der Waals surface area contributed by atoms with Crippen molar-refractivity contribution in [3.63, 3.8) is 0 Å². The number of rotatable bonds is 6. The minimum absolute atomic E-state index is 0.00789. The van der Waals surface area contributed by atoms with Gasteiger partial charge >= 0.3 is 0 Å². The normalized spacial score (nSPS) is 13.6. The zero-order chi connectivity index (χ0) is 18.9. The summed E-state index contributed by atoms with van der Waals surface area (Å²) in [5, 5.41) is 14.0. The van der Waals surface area contributed by atoms with Crippen LogP contribution in [0, 0.1) is 10.1 Å². The van der Waals surface area contributed by atoms with Crippen LogP contribution >= 0.6 is 0 Å². The highest BCUT2D eigenvalue weighted by molar-refractivity contribution is 7.90. The second-order valence-corrected chi connectivity index (χ2v) is 7.97. The largest absolute Gasteiger partial charge is 0.383 e. The molecule has 0 saturated carbocycles. The predicted octanol–water partition coefficient (Wildman–Crippen LogP) is 2.00. The van der Waals surface area contributed by atoms with Crippen molar-refractivity contribution in [1.29, 1.82) is 0 Å². The molecular weight excluding hydrogens is 358 g/mol. The van der Waals surface area contributed by atoms with Gasteiger partial charge in [-0.1, -0.05) is 18.2 Å². The van der Waals surface area contributed by atoms with E-state index in [2.05, 4.69) is 5.32 Å². The van der Waals surface area contributed by atoms with Crippen LogP contribution in [0.2, 0.25) is 0 Å². The Balaban J connectivity index is 1.73. The predicted molar refractivity (Wildman–Crippen MR) is 97.2 cm³/mol. The second kappa shape index (κ2) is 6.75. The summed E-state index contributed by atoms with van der Waals surface area (Å²) >= 11 is 0. The van der Waals surface area contributed by atoms with Crippen molar-refractivity contribution in [3.8, 4) is 0 Å². The number of fused-ring (bicyclic) bond motifs is 1. The molecule has 2 aromatic rings. The molecule has 3 rings (SSSR count). The van der Waals surface area contributed by atoms with Gasteiger partial charge in [0.25, 0.3) is 5.69 Å². The first-order valence-corrected chi connectivity index (χ1v) is 9.77. The fraction of sp³-hybridized carbons (Fsp3) is 0.235. The van der Waals surface area contributed by atoms with E-state index in [4.69, 9.17) is 0 Å². The van der Waals surface area contributed by atoms with Crippen LogP contribution in [0.4, 0.5) is 17.1 Å². The van der Waals surface area contributed by atoms with Gasteiger partial charge in [-0.2, -0.15) is 0 Å². The number of hydrogen-bond donors (Lipinski definition) is 1. The van der Waals surface area contributed by atoms with E-state index in [9.17, 15) is 23.3 Å². The average Bonchev–Trinajstić information content (AvgIpc) is 2.89. The lowest BCUT2D eigenvalue weighted by Crippen LogP contribution is -2.31. The first kappa shape index (κ1) is 17.9. The lowest BCUT2D eigenvalue weighted by Gasteiger charge is -2.18. The van der Waals surface area contributed by atoms with Gasteiger partial charge in [-0.3, -0.25) is 14.9 Å². The second-order valence-electron chi connectivity index (χ2n) is 5.99. The molecular formula is C17H17N3O5S. The number of nitrogens with one attached hydrogen (secondary N) is 1. The minimum atomic E-state index is -3.74. The van der Waals surface area contributed by atoms with Crippen LogP contribution in [0.5, 0.6) is 0 Å². The van der Waals surface area contributed by atoms with Crippen molar-refractivity contribution < 1.29 is 18.1 Å². The zero-order valence-electron chi connectivity index (χ0n) is 14.0. The summed E-state index contributed by atoms with van der Waals surface area (Å²) in [6.07, 6.45) is 1.30. The number of hydrogen-bond acceptors (Lipinski definition) is 6. The van der Waals surface area contributed by atoms with Gasteiger partial charge in [-0.05, 0) is 23.8 Å². The van der Waals surface area contributed by atoms with Crippen molar-refractivity contribution in [3.05, 3.63) is 58.1 Å². The molecule has 1 aliphatic rings. The van der Waals surface area contributed by atoms with Crippen LogP contribution in [-0.4, -0.2) is 38.6 Å². The van der Waals surface area contributed by atoms with Crippen LogP contribution in [-0.2, 0) is 21.1 Å². The molecule has 0 bridgehead atoms. The number of carbonyl (C=O) groups is 1. The summed E-state index contributed by atoms with van der Waals surface area (Å²) in [6.45, 7) is 0.780. The Kier molecular flexibility index (Phi) is 4.64. The van der Waals surface area contributed by atoms with Gasteiger partial charge in [0, 0.05) is 36.8 Å². The number of carbonyl (C=O) groups excluding carboxylic acids is 1. The van der Waals surface area contributed by atoms with E-state index in [0.29, 0.717) is 25.2 Å². The van der Waals surface area contributed by atoms with Crippen molar-refractivity contribution in [2.24, 2.45) is 0 Å². The number of para-hydroxylation sites is 1. The fourth-order valence-electron chi connectivity index (χ4n) is 2.95. The van der Waals surface area contributed by atoms with E-state index in [0.717, 1.165) is 23.6 Å². The third-order valence-corrected chi connectivity index (χ3v) is 5.27. The van der Waals surface area contributed by atoms with Crippen molar-refractivity contribution in [2.45, 2.75) is 11.3 Å². The number of nitro groups is 1. The minimum Gasteiger partial charge on any atom is -0.383 e. The van der Waals surface area contributed by atoms with E-state index in [1.54, 1.807) is 4.90 Å². The van der Waals surface area contributed by atoms with Gasteiger partial charge in [0.15, 0.2) is 9.84 Å². The third kappa shape index (κ3) is 3.52. The van der Waals surface area contributed by atoms with Gasteiger partial charge in [0.05, 0.1) is 11.3 Å². The number of amides is 1. The molecule has 9 heteroatoms. The molecule has 0 aliphatic carbocycles. The van der Waals surface area contributed by atoms with Crippen LogP contribution in [0.25, 0.3) is 0 Å². The molecule has 8 nitrogen and oxygen atoms in total. The Morgan fingerprint density at radius 3 is 2.65 bits per heavy atom. The van der Waals surface area contributed by atoms with Crippen molar-refractivity contribution in [2.75, 3.05) is 29.6 Å². The lowest BCUT2D eigenvalue weighted by molar-refractivity contribution is -0.387. The summed E-state index contributed by atoms with van der Waals surface area (Å²) in [5.74, 6) is 0.00789. The molecule has 0 radical (unpaired) electrons. The van der Waals surface area contributed by atoms with Gasteiger partial charge in [0.2, 0.25) is 5.91 Å². The van der Waals surface area contributed by atoms with Crippen molar-refractivity contribution >= 4 is 32.8 Å². The summed E-state index contributed by atoms with van der Waals surface area (Å²) in [7, 11) is -3.74. The van der Waals surface area contributed by atoms with E-state index < -0.39 is 20.4 Å². The molecule has 1 heterocycles. The van der Waals surface area contributed by atoms with Crippen LogP contribution < -0.4 is 10.2 Å². The molecule has 0 aromatic heterocycles. The first-order valence-electron chi connectivity index (χ1n) is 7.88. The molecule has 2 aromatic carbocycles. The number of nitrogens with zero attached hydrogens (tertiary/aromatic N) is 2. The van der Waals surface area contributed by atoms with E-state index >= 15 is 0 Å². The molecule has 0 fully saturated rings. The van der Waals surface area contributed by atoms with Crippen molar-refractivity contribution in [1.82, 2.24) is 0 Å². The van der Waals surface area contributed by atoms with E-state index in [1.807, 2.05) is 24.3 Å². The van der Waals surface area contributed by atoms with Crippen LogP contribution in [0.3, 0.4) is 0 Å². The summed E-state index contributed by atoms with van der Waals surface area (Å²) in [4.78, 5) is 23.7. The molecule has 1 N–H and O–H groups in total. The van der Waals surface area contributed by atoms with E-state index in [-0.39, 0.29) is 10.8 Å². The summed E-state index contributed by atoms with van der Waals surface area (Å²) in [5.41, 5.74) is 1.84. The average molecular weight is 375 g/mol. The Hall–Kier alpha value is -2.94. The van der Waals surface area contributed by atoms with Gasteiger partial charge in [0.1, 0.15) is 4.90 Å². The Morgan fingerprint density at radius 2 is 1.96 bits per heavy atom. The zero-order valence-corrected chi connectivity index (χ0v) is 14.8. The van der Waals surface area contributed by atoms with Gasteiger partial charge in [-0.25, -0.2) is 8.42 Å². The number of anilines is 2. The third-order valence-electron chi connectivity index (χ3n) is 4.15. The Morgan fingerprint density at radius 1 is 1.23 bits per heavy atom. The number of sulfone groups is 1. The summed E-state index contributed by atoms with van der Waals surface area (Å²) < 4.78 is 23.6. The highest BCUT2D eigenvalue weighted by Crippen LogP contribution is 2.29. The monoisotopic (exact) mass is 375 g/mol. The lowest BCUT2D eigenvalue weighted by atomic mass is 10.2. The standard InChI is InChI=1S/C17H17N3O5S/c1-26(24,25)16-11-13(6-7-15(16)20(22)23)18-8-9-19-14-5-3-2-4-12(14)10-17(19)21/h2-7,11,18H,8-10H2,1H3. The maximum Gasteiger partial charge on any atom is 0.288 e. The molecule has 0 saturated heterocycles. The molecule has 0 spiro atoms. The van der Waals surface area contributed by atoms with E-state index in [1.165, 1.54) is 12.1 Å². The first-order chi connectivity index (χ1) is 12.3.